The van der Waals surface area contributed by atoms with Gasteiger partial charge in [-0.15, -0.1) is 24.0 Å². The van der Waals surface area contributed by atoms with Gasteiger partial charge in [0.15, 0.2) is 5.96 Å². The largest absolute Gasteiger partial charge is 0.497 e. The van der Waals surface area contributed by atoms with E-state index in [9.17, 15) is 0 Å². The molecule has 0 bridgehead atoms. The van der Waals surface area contributed by atoms with Gasteiger partial charge in [0.25, 0.3) is 0 Å². The summed E-state index contributed by atoms with van der Waals surface area (Å²) < 4.78 is 16.5. The summed E-state index contributed by atoms with van der Waals surface area (Å²) in [6.07, 6.45) is 2.47. The Labute approximate surface area is 174 Å². The third-order valence-corrected chi connectivity index (χ3v) is 4.37. The fourth-order valence-electron chi connectivity index (χ4n) is 3.04. The SMILES string of the molecule is CCNC(=NCc1ccc(OC)cc1OC)N1CCC(OCC)CC1.I. The van der Waals surface area contributed by atoms with Crippen LogP contribution in [0.1, 0.15) is 32.3 Å². The van der Waals surface area contributed by atoms with Crippen LogP contribution in [-0.4, -0.2) is 57.4 Å². The summed E-state index contributed by atoms with van der Waals surface area (Å²) in [5.74, 6) is 2.54. The highest BCUT2D eigenvalue weighted by Gasteiger charge is 2.21. The minimum absolute atomic E-state index is 0. The number of likely N-dealkylation sites (tertiary alicyclic amines) is 1. The highest BCUT2D eigenvalue weighted by molar-refractivity contribution is 14.0. The van der Waals surface area contributed by atoms with E-state index in [1.54, 1.807) is 14.2 Å². The molecule has 0 aromatic heterocycles. The molecule has 26 heavy (non-hydrogen) atoms. The Bertz CT molecular complexity index is 561. The minimum atomic E-state index is 0. The number of halogens is 1. The quantitative estimate of drug-likeness (QED) is 0.371. The molecule has 1 aromatic rings. The molecule has 0 spiro atoms. The van der Waals surface area contributed by atoms with Crippen LogP contribution in [0.3, 0.4) is 0 Å². The molecule has 1 saturated heterocycles. The number of hydrogen-bond acceptors (Lipinski definition) is 4. The van der Waals surface area contributed by atoms with Crippen molar-refractivity contribution in [2.45, 2.75) is 39.3 Å². The number of piperidine rings is 1. The van der Waals surface area contributed by atoms with Gasteiger partial charge in [-0.3, -0.25) is 0 Å². The predicted molar refractivity (Wildman–Crippen MR) is 116 cm³/mol. The van der Waals surface area contributed by atoms with Crippen LogP contribution < -0.4 is 14.8 Å². The zero-order chi connectivity index (χ0) is 18.1. The molecule has 0 radical (unpaired) electrons. The molecule has 1 heterocycles. The first-order chi connectivity index (χ1) is 12.2. The third-order valence-electron chi connectivity index (χ3n) is 4.37. The molecule has 0 amide bonds. The fourth-order valence-corrected chi connectivity index (χ4v) is 3.04. The molecule has 0 unspecified atom stereocenters. The summed E-state index contributed by atoms with van der Waals surface area (Å²) in [5, 5.41) is 3.40. The van der Waals surface area contributed by atoms with Crippen LogP contribution in [0.2, 0.25) is 0 Å². The van der Waals surface area contributed by atoms with Crippen LogP contribution in [-0.2, 0) is 11.3 Å². The molecule has 7 heteroatoms. The van der Waals surface area contributed by atoms with Crippen LogP contribution in [0, 0.1) is 0 Å². The number of aliphatic imine (C=N–C) groups is 1. The van der Waals surface area contributed by atoms with E-state index in [4.69, 9.17) is 19.2 Å². The Morgan fingerprint density at radius 2 is 1.92 bits per heavy atom. The van der Waals surface area contributed by atoms with Gasteiger partial charge >= 0.3 is 0 Å². The maximum Gasteiger partial charge on any atom is 0.194 e. The van der Waals surface area contributed by atoms with E-state index in [0.717, 1.165) is 62.1 Å². The van der Waals surface area contributed by atoms with Crippen LogP contribution in [0.15, 0.2) is 23.2 Å². The van der Waals surface area contributed by atoms with Crippen molar-refractivity contribution in [3.63, 3.8) is 0 Å². The van der Waals surface area contributed by atoms with E-state index >= 15 is 0 Å². The van der Waals surface area contributed by atoms with Gasteiger partial charge in [-0.2, -0.15) is 0 Å². The van der Waals surface area contributed by atoms with E-state index in [2.05, 4.69) is 24.1 Å². The summed E-state index contributed by atoms with van der Waals surface area (Å²) >= 11 is 0. The van der Waals surface area contributed by atoms with Crippen LogP contribution in [0.4, 0.5) is 0 Å². The molecule has 1 N–H and O–H groups in total. The van der Waals surface area contributed by atoms with Crippen molar-refractivity contribution in [3.05, 3.63) is 23.8 Å². The fraction of sp³-hybridized carbons (Fsp3) is 0.632. The normalized spacial score (nSPS) is 15.4. The number of hydrogen-bond donors (Lipinski definition) is 1. The first kappa shape index (κ1) is 22.8. The summed E-state index contributed by atoms with van der Waals surface area (Å²) in [6.45, 7) is 8.30. The molecule has 1 aliphatic rings. The number of ether oxygens (including phenoxy) is 3. The zero-order valence-corrected chi connectivity index (χ0v) is 18.6. The lowest BCUT2D eigenvalue weighted by Crippen LogP contribution is -2.47. The molecule has 1 aromatic carbocycles. The lowest BCUT2D eigenvalue weighted by molar-refractivity contribution is 0.0263. The van der Waals surface area contributed by atoms with E-state index in [-0.39, 0.29) is 24.0 Å². The molecule has 6 nitrogen and oxygen atoms in total. The van der Waals surface area contributed by atoms with Gasteiger partial charge in [0.05, 0.1) is 26.9 Å². The molecule has 1 fully saturated rings. The van der Waals surface area contributed by atoms with Gasteiger partial charge < -0.3 is 24.4 Å². The predicted octanol–water partition coefficient (Wildman–Crippen LogP) is 3.29. The topological polar surface area (TPSA) is 55.3 Å². The van der Waals surface area contributed by atoms with E-state index in [1.807, 2.05) is 18.2 Å². The summed E-state index contributed by atoms with van der Waals surface area (Å²) in [7, 11) is 3.33. The summed E-state index contributed by atoms with van der Waals surface area (Å²) in [6, 6.07) is 5.84. The van der Waals surface area contributed by atoms with Crippen molar-refractivity contribution in [1.29, 1.82) is 0 Å². The van der Waals surface area contributed by atoms with Gasteiger partial charge in [0.1, 0.15) is 11.5 Å². The molecular weight excluding hydrogens is 445 g/mol. The summed E-state index contributed by atoms with van der Waals surface area (Å²) in [4.78, 5) is 7.13. The Morgan fingerprint density at radius 3 is 2.50 bits per heavy atom. The third kappa shape index (κ3) is 6.50. The number of methoxy groups -OCH3 is 2. The van der Waals surface area contributed by atoms with Crippen LogP contribution in [0.5, 0.6) is 11.5 Å². The first-order valence-electron chi connectivity index (χ1n) is 9.07. The molecule has 0 saturated carbocycles. The maximum absolute atomic E-state index is 5.74. The highest BCUT2D eigenvalue weighted by atomic mass is 127. The zero-order valence-electron chi connectivity index (χ0n) is 16.3. The minimum Gasteiger partial charge on any atom is -0.497 e. The lowest BCUT2D eigenvalue weighted by Gasteiger charge is -2.34. The smallest absolute Gasteiger partial charge is 0.194 e. The number of rotatable bonds is 7. The molecule has 0 atom stereocenters. The Balaban J connectivity index is 0.00000338. The van der Waals surface area contributed by atoms with E-state index in [1.165, 1.54) is 0 Å². The van der Waals surface area contributed by atoms with Crippen molar-refractivity contribution in [3.8, 4) is 11.5 Å². The number of benzene rings is 1. The summed E-state index contributed by atoms with van der Waals surface area (Å²) in [5.41, 5.74) is 1.04. The van der Waals surface area contributed by atoms with E-state index < -0.39 is 0 Å². The Morgan fingerprint density at radius 1 is 1.19 bits per heavy atom. The highest BCUT2D eigenvalue weighted by Crippen LogP contribution is 2.25. The monoisotopic (exact) mass is 477 g/mol. The number of guanidine groups is 1. The van der Waals surface area contributed by atoms with Crippen molar-refractivity contribution < 1.29 is 14.2 Å². The molecule has 0 aliphatic carbocycles. The van der Waals surface area contributed by atoms with Gasteiger partial charge in [0.2, 0.25) is 0 Å². The van der Waals surface area contributed by atoms with Crippen molar-refractivity contribution >= 4 is 29.9 Å². The van der Waals surface area contributed by atoms with Crippen LogP contribution in [0.25, 0.3) is 0 Å². The Kier molecular flexibility index (Phi) is 10.7. The molecule has 1 aliphatic heterocycles. The second-order valence-corrected chi connectivity index (χ2v) is 5.99. The Hall–Kier alpha value is -1.22. The lowest BCUT2D eigenvalue weighted by atomic mass is 10.1. The van der Waals surface area contributed by atoms with Gasteiger partial charge in [-0.25, -0.2) is 4.99 Å². The van der Waals surface area contributed by atoms with Crippen LogP contribution >= 0.6 is 24.0 Å². The second kappa shape index (κ2) is 12.2. The number of nitrogens with one attached hydrogen (secondary N) is 1. The van der Waals surface area contributed by atoms with Gasteiger partial charge in [0, 0.05) is 37.9 Å². The molecule has 2 rings (SSSR count). The van der Waals surface area contributed by atoms with Crippen molar-refractivity contribution in [1.82, 2.24) is 10.2 Å². The molecular formula is C19H32IN3O3. The average molecular weight is 477 g/mol. The van der Waals surface area contributed by atoms with E-state index in [0.29, 0.717) is 12.6 Å². The standard InChI is InChI=1S/C19H31N3O3.HI/c1-5-20-19(22-11-9-16(10-12-22)25-6-2)21-14-15-7-8-17(23-3)13-18(15)24-4;/h7-8,13,16H,5-6,9-12,14H2,1-4H3,(H,20,21);1H. The maximum atomic E-state index is 5.74. The van der Waals surface area contributed by atoms with Gasteiger partial charge in [-0.1, -0.05) is 0 Å². The number of nitrogens with zero attached hydrogens (tertiary/aromatic N) is 2. The van der Waals surface area contributed by atoms with Crippen molar-refractivity contribution in [2.75, 3.05) is 40.5 Å². The second-order valence-electron chi connectivity index (χ2n) is 5.99. The van der Waals surface area contributed by atoms with Crippen molar-refractivity contribution in [2.24, 2.45) is 4.99 Å². The average Bonchev–Trinajstić information content (AvgIpc) is 2.66. The molecule has 148 valence electrons. The first-order valence-corrected chi connectivity index (χ1v) is 9.07. The van der Waals surface area contributed by atoms with Gasteiger partial charge in [-0.05, 0) is 38.8 Å².